The second-order valence-corrected chi connectivity index (χ2v) is 6.57. The molecule has 0 aliphatic rings. The SMILES string of the molecule is C=CCN(CCc1ccco1)CC(=O)Nc1nnc(CCCC)s1. The molecular formula is C17H24N4O2S. The molecule has 0 aliphatic carbocycles. The standard InChI is InChI=1S/C17H24N4O2S/c1-3-5-8-16-19-20-17(24-16)18-15(22)13-21(10-4-2)11-9-14-7-6-12-23-14/h4,6-7,12H,2-3,5,8-11,13H2,1H3,(H,18,20,22). The molecule has 6 nitrogen and oxygen atoms in total. The molecule has 1 N–H and O–H groups in total. The van der Waals surface area contributed by atoms with Crippen LogP contribution in [0.5, 0.6) is 0 Å². The average molecular weight is 348 g/mol. The summed E-state index contributed by atoms with van der Waals surface area (Å²) in [6.07, 6.45) is 7.33. The van der Waals surface area contributed by atoms with Gasteiger partial charge in [0.1, 0.15) is 10.8 Å². The van der Waals surface area contributed by atoms with Crippen molar-refractivity contribution in [3.63, 3.8) is 0 Å². The summed E-state index contributed by atoms with van der Waals surface area (Å²) < 4.78 is 5.33. The van der Waals surface area contributed by atoms with Gasteiger partial charge >= 0.3 is 0 Å². The largest absolute Gasteiger partial charge is 0.469 e. The van der Waals surface area contributed by atoms with Crippen molar-refractivity contribution in [3.05, 3.63) is 41.8 Å². The lowest BCUT2D eigenvalue weighted by molar-refractivity contribution is -0.117. The number of rotatable bonds is 11. The van der Waals surface area contributed by atoms with E-state index in [-0.39, 0.29) is 12.5 Å². The summed E-state index contributed by atoms with van der Waals surface area (Å²) in [6, 6.07) is 3.80. The van der Waals surface area contributed by atoms with Gasteiger partial charge in [-0.2, -0.15) is 0 Å². The Balaban J connectivity index is 1.80. The Morgan fingerprint density at radius 1 is 1.46 bits per heavy atom. The van der Waals surface area contributed by atoms with Crippen molar-refractivity contribution in [2.24, 2.45) is 0 Å². The molecule has 1 amide bonds. The van der Waals surface area contributed by atoms with Crippen LogP contribution in [0.3, 0.4) is 0 Å². The number of aryl methyl sites for hydroxylation is 1. The Morgan fingerprint density at radius 3 is 3.04 bits per heavy atom. The smallest absolute Gasteiger partial charge is 0.240 e. The molecule has 7 heteroatoms. The lowest BCUT2D eigenvalue weighted by Gasteiger charge is -2.18. The molecule has 2 aromatic heterocycles. The van der Waals surface area contributed by atoms with Crippen LogP contribution in [-0.4, -0.2) is 40.6 Å². The highest BCUT2D eigenvalue weighted by Gasteiger charge is 2.13. The maximum atomic E-state index is 12.2. The highest BCUT2D eigenvalue weighted by Crippen LogP contribution is 2.17. The number of amides is 1. The molecule has 0 unspecified atom stereocenters. The number of hydrogen-bond donors (Lipinski definition) is 1. The van der Waals surface area contributed by atoms with E-state index in [1.165, 1.54) is 11.3 Å². The van der Waals surface area contributed by atoms with Crippen molar-refractivity contribution in [3.8, 4) is 0 Å². The predicted octanol–water partition coefficient (Wildman–Crippen LogP) is 3.14. The van der Waals surface area contributed by atoms with Crippen molar-refractivity contribution in [1.82, 2.24) is 15.1 Å². The van der Waals surface area contributed by atoms with Gasteiger partial charge in [-0.25, -0.2) is 0 Å². The number of carbonyl (C=O) groups excluding carboxylic acids is 1. The minimum atomic E-state index is -0.0884. The number of nitrogens with one attached hydrogen (secondary N) is 1. The Morgan fingerprint density at radius 2 is 2.33 bits per heavy atom. The van der Waals surface area contributed by atoms with E-state index in [9.17, 15) is 4.79 Å². The maximum Gasteiger partial charge on any atom is 0.240 e. The van der Waals surface area contributed by atoms with Gasteiger partial charge in [-0.05, 0) is 18.6 Å². The van der Waals surface area contributed by atoms with Gasteiger partial charge in [0.15, 0.2) is 0 Å². The first-order valence-corrected chi connectivity index (χ1v) is 9.00. The van der Waals surface area contributed by atoms with Gasteiger partial charge in [0, 0.05) is 25.9 Å². The molecule has 0 radical (unpaired) electrons. The Kier molecular flexibility index (Phi) is 7.64. The van der Waals surface area contributed by atoms with Crippen LogP contribution >= 0.6 is 11.3 Å². The zero-order valence-corrected chi connectivity index (χ0v) is 14.8. The molecule has 2 heterocycles. The quantitative estimate of drug-likeness (QED) is 0.632. The van der Waals surface area contributed by atoms with Gasteiger partial charge < -0.3 is 4.42 Å². The van der Waals surface area contributed by atoms with E-state index in [2.05, 4.69) is 29.0 Å². The summed E-state index contributed by atoms with van der Waals surface area (Å²) in [5, 5.41) is 12.5. The summed E-state index contributed by atoms with van der Waals surface area (Å²) in [5.74, 6) is 0.823. The molecule has 0 fully saturated rings. The Bertz CT molecular complexity index is 624. The van der Waals surface area contributed by atoms with Crippen LogP contribution in [0.4, 0.5) is 5.13 Å². The molecule has 2 aromatic rings. The fraction of sp³-hybridized carbons (Fsp3) is 0.471. The van der Waals surface area contributed by atoms with E-state index in [1.807, 2.05) is 17.0 Å². The number of anilines is 1. The van der Waals surface area contributed by atoms with Gasteiger partial charge in [0.05, 0.1) is 12.8 Å². The molecule has 0 atom stereocenters. The lowest BCUT2D eigenvalue weighted by Crippen LogP contribution is -2.34. The fourth-order valence-electron chi connectivity index (χ4n) is 2.24. The average Bonchev–Trinajstić information content (AvgIpc) is 3.22. The molecule has 0 aliphatic heterocycles. The van der Waals surface area contributed by atoms with Crippen LogP contribution < -0.4 is 5.32 Å². The second-order valence-electron chi connectivity index (χ2n) is 5.51. The third kappa shape index (κ3) is 6.25. The molecule has 0 bridgehead atoms. The molecule has 2 rings (SSSR count). The van der Waals surface area contributed by atoms with E-state index < -0.39 is 0 Å². The monoisotopic (exact) mass is 348 g/mol. The number of aromatic nitrogens is 2. The first-order valence-electron chi connectivity index (χ1n) is 8.19. The molecule has 0 aromatic carbocycles. The van der Waals surface area contributed by atoms with Gasteiger partial charge in [0.25, 0.3) is 0 Å². The molecule has 0 saturated carbocycles. The Hall–Kier alpha value is -1.99. The normalized spacial score (nSPS) is 10.9. The van der Waals surface area contributed by atoms with Crippen molar-refractivity contribution in [2.45, 2.75) is 32.6 Å². The third-order valence-corrected chi connectivity index (χ3v) is 4.36. The van der Waals surface area contributed by atoms with Gasteiger partial charge in [-0.1, -0.05) is 30.8 Å². The van der Waals surface area contributed by atoms with Crippen molar-refractivity contribution < 1.29 is 9.21 Å². The van der Waals surface area contributed by atoms with Crippen LogP contribution in [0.1, 0.15) is 30.5 Å². The number of unbranched alkanes of at least 4 members (excludes halogenated alkanes) is 1. The van der Waals surface area contributed by atoms with E-state index in [1.54, 1.807) is 12.3 Å². The summed E-state index contributed by atoms with van der Waals surface area (Å²) >= 11 is 1.45. The number of nitrogens with zero attached hydrogens (tertiary/aromatic N) is 3. The van der Waals surface area contributed by atoms with Crippen molar-refractivity contribution in [2.75, 3.05) is 25.0 Å². The molecule has 130 valence electrons. The second kappa shape index (κ2) is 10.00. The summed E-state index contributed by atoms with van der Waals surface area (Å²) in [5.41, 5.74) is 0. The minimum absolute atomic E-state index is 0.0884. The highest BCUT2D eigenvalue weighted by molar-refractivity contribution is 7.15. The van der Waals surface area contributed by atoms with Crippen LogP contribution in [-0.2, 0) is 17.6 Å². The number of furan rings is 1. The van der Waals surface area contributed by atoms with E-state index in [4.69, 9.17) is 4.42 Å². The van der Waals surface area contributed by atoms with Crippen molar-refractivity contribution in [1.29, 1.82) is 0 Å². The zero-order chi connectivity index (χ0) is 17.2. The molecular weight excluding hydrogens is 324 g/mol. The van der Waals surface area contributed by atoms with Gasteiger partial charge in [0.2, 0.25) is 11.0 Å². The first-order chi connectivity index (χ1) is 11.7. The molecule has 0 spiro atoms. The van der Waals surface area contributed by atoms with E-state index >= 15 is 0 Å². The topological polar surface area (TPSA) is 71.3 Å². The van der Waals surface area contributed by atoms with Crippen molar-refractivity contribution >= 4 is 22.4 Å². The highest BCUT2D eigenvalue weighted by atomic mass is 32.1. The summed E-state index contributed by atoms with van der Waals surface area (Å²) in [4.78, 5) is 14.2. The summed E-state index contributed by atoms with van der Waals surface area (Å²) in [6.45, 7) is 7.55. The maximum absolute atomic E-state index is 12.2. The minimum Gasteiger partial charge on any atom is -0.469 e. The van der Waals surface area contributed by atoms with Crippen LogP contribution in [0.25, 0.3) is 0 Å². The lowest BCUT2D eigenvalue weighted by atomic mass is 10.3. The van der Waals surface area contributed by atoms with Gasteiger partial charge in [-0.3, -0.25) is 15.0 Å². The third-order valence-electron chi connectivity index (χ3n) is 3.47. The Labute approximate surface area is 146 Å². The zero-order valence-electron chi connectivity index (χ0n) is 14.0. The van der Waals surface area contributed by atoms with Crippen LogP contribution in [0.15, 0.2) is 35.5 Å². The fourth-order valence-corrected chi connectivity index (χ4v) is 3.03. The first kappa shape index (κ1) is 18.4. The molecule has 0 saturated heterocycles. The predicted molar refractivity (Wildman–Crippen MR) is 96.2 cm³/mol. The van der Waals surface area contributed by atoms with Crippen LogP contribution in [0, 0.1) is 0 Å². The number of hydrogen-bond acceptors (Lipinski definition) is 6. The molecule has 24 heavy (non-hydrogen) atoms. The van der Waals surface area contributed by atoms with E-state index in [0.717, 1.165) is 43.0 Å². The number of carbonyl (C=O) groups is 1. The van der Waals surface area contributed by atoms with E-state index in [0.29, 0.717) is 11.7 Å². The van der Waals surface area contributed by atoms with Crippen LogP contribution in [0.2, 0.25) is 0 Å². The summed E-state index contributed by atoms with van der Waals surface area (Å²) in [7, 11) is 0. The van der Waals surface area contributed by atoms with Gasteiger partial charge in [-0.15, -0.1) is 16.8 Å².